The van der Waals surface area contributed by atoms with Crippen LogP contribution in [0.4, 0.5) is 0 Å². The Hall–Kier alpha value is -1.09. The van der Waals surface area contributed by atoms with E-state index >= 15 is 0 Å². The fraction of sp³-hybridized carbons (Fsp3) is 0.462. The summed E-state index contributed by atoms with van der Waals surface area (Å²) < 4.78 is 5.59. The summed E-state index contributed by atoms with van der Waals surface area (Å²) in [6.07, 6.45) is 2.95. The minimum atomic E-state index is -0.941. The zero-order valence-electron chi connectivity index (χ0n) is 10.2. The maximum absolute atomic E-state index is 10.3. The molecule has 16 heavy (non-hydrogen) atoms. The summed E-state index contributed by atoms with van der Waals surface area (Å²) in [4.78, 5) is 10.3. The second kappa shape index (κ2) is 5.85. The van der Waals surface area contributed by atoms with E-state index in [1.165, 1.54) is 6.04 Å². The lowest BCUT2D eigenvalue weighted by Gasteiger charge is -2.15. The van der Waals surface area contributed by atoms with Gasteiger partial charge in [-0.25, -0.2) is 0 Å². The van der Waals surface area contributed by atoms with Crippen LogP contribution in [-0.4, -0.2) is 21.0 Å². The first-order valence-electron chi connectivity index (χ1n) is 5.62. The van der Waals surface area contributed by atoms with Gasteiger partial charge in [0.15, 0.2) is 0 Å². The predicted octanol–water partition coefficient (Wildman–Crippen LogP) is 3.25. The SMILES string of the molecule is C[Si](C)(C)CCCOc1ccc([C]=O)cc1. The van der Waals surface area contributed by atoms with Gasteiger partial charge in [-0.2, -0.15) is 0 Å². The lowest BCUT2D eigenvalue weighted by molar-refractivity contribution is 0.317. The molecule has 0 atom stereocenters. The van der Waals surface area contributed by atoms with Crippen molar-refractivity contribution in [2.75, 3.05) is 6.61 Å². The molecule has 0 spiro atoms. The number of hydrogen-bond acceptors (Lipinski definition) is 2. The summed E-state index contributed by atoms with van der Waals surface area (Å²) in [7, 11) is -0.941. The topological polar surface area (TPSA) is 26.3 Å². The molecule has 0 bridgehead atoms. The molecular weight excluding hydrogens is 216 g/mol. The highest BCUT2D eigenvalue weighted by atomic mass is 28.3. The van der Waals surface area contributed by atoms with Crippen molar-refractivity contribution in [3.63, 3.8) is 0 Å². The molecule has 0 saturated carbocycles. The molecule has 0 saturated heterocycles. The van der Waals surface area contributed by atoms with Gasteiger partial charge in [-0.15, -0.1) is 0 Å². The Morgan fingerprint density at radius 2 is 1.81 bits per heavy atom. The van der Waals surface area contributed by atoms with E-state index in [9.17, 15) is 4.79 Å². The largest absolute Gasteiger partial charge is 0.494 e. The smallest absolute Gasteiger partial charge is 0.233 e. The van der Waals surface area contributed by atoms with E-state index in [4.69, 9.17) is 4.74 Å². The van der Waals surface area contributed by atoms with Crippen LogP contribution in [0.25, 0.3) is 0 Å². The molecule has 0 fully saturated rings. The van der Waals surface area contributed by atoms with Gasteiger partial charge in [-0.1, -0.05) is 25.7 Å². The molecule has 0 aliphatic rings. The van der Waals surface area contributed by atoms with Gasteiger partial charge >= 0.3 is 0 Å². The summed E-state index contributed by atoms with van der Waals surface area (Å²) in [5, 5.41) is 0. The fourth-order valence-electron chi connectivity index (χ4n) is 1.41. The minimum absolute atomic E-state index is 0.564. The van der Waals surface area contributed by atoms with Crippen molar-refractivity contribution in [3.8, 4) is 5.75 Å². The Labute approximate surface area is 98.6 Å². The molecule has 87 valence electrons. The maximum Gasteiger partial charge on any atom is 0.233 e. The Kier molecular flexibility index (Phi) is 4.74. The fourth-order valence-corrected chi connectivity index (χ4v) is 2.62. The summed E-state index contributed by atoms with van der Waals surface area (Å²) in [6, 6.07) is 8.36. The van der Waals surface area contributed by atoms with Crippen LogP contribution in [0.5, 0.6) is 5.75 Å². The Morgan fingerprint density at radius 3 is 2.31 bits per heavy atom. The van der Waals surface area contributed by atoms with Crippen molar-refractivity contribution in [2.24, 2.45) is 0 Å². The van der Waals surface area contributed by atoms with E-state index in [2.05, 4.69) is 19.6 Å². The molecule has 1 rings (SSSR count). The van der Waals surface area contributed by atoms with Crippen LogP contribution in [0.3, 0.4) is 0 Å². The molecular formula is C13H19O2Si. The van der Waals surface area contributed by atoms with Gasteiger partial charge in [0.2, 0.25) is 6.29 Å². The molecule has 0 aromatic heterocycles. The monoisotopic (exact) mass is 235 g/mol. The van der Waals surface area contributed by atoms with Crippen molar-refractivity contribution < 1.29 is 9.53 Å². The first-order valence-corrected chi connectivity index (χ1v) is 9.33. The lowest BCUT2D eigenvalue weighted by Crippen LogP contribution is -2.19. The van der Waals surface area contributed by atoms with Crippen LogP contribution in [0, 0.1) is 0 Å². The summed E-state index contributed by atoms with van der Waals surface area (Å²) in [5.74, 6) is 0.828. The van der Waals surface area contributed by atoms with Crippen molar-refractivity contribution in [1.82, 2.24) is 0 Å². The third-order valence-corrected chi connectivity index (χ3v) is 4.17. The molecule has 2 nitrogen and oxygen atoms in total. The number of hydrogen-bond donors (Lipinski definition) is 0. The molecule has 0 N–H and O–H groups in total. The minimum Gasteiger partial charge on any atom is -0.494 e. The van der Waals surface area contributed by atoms with Gasteiger partial charge in [-0.05, 0) is 30.7 Å². The molecule has 0 unspecified atom stereocenters. The van der Waals surface area contributed by atoms with E-state index in [1.54, 1.807) is 12.1 Å². The molecule has 3 heteroatoms. The van der Waals surface area contributed by atoms with Crippen LogP contribution in [-0.2, 0) is 4.79 Å². The van der Waals surface area contributed by atoms with Crippen LogP contribution in [0.2, 0.25) is 25.7 Å². The average molecular weight is 235 g/mol. The van der Waals surface area contributed by atoms with Crippen molar-refractivity contribution in [3.05, 3.63) is 29.8 Å². The van der Waals surface area contributed by atoms with Crippen LogP contribution < -0.4 is 4.74 Å². The van der Waals surface area contributed by atoms with Crippen molar-refractivity contribution in [1.29, 1.82) is 0 Å². The van der Waals surface area contributed by atoms with Crippen LogP contribution >= 0.6 is 0 Å². The molecule has 0 aliphatic carbocycles. The second-order valence-corrected chi connectivity index (χ2v) is 10.8. The Bertz CT molecular complexity index is 325. The van der Waals surface area contributed by atoms with E-state index in [0.29, 0.717) is 5.56 Å². The van der Waals surface area contributed by atoms with Crippen molar-refractivity contribution >= 4 is 14.4 Å². The third-order valence-electron chi connectivity index (χ3n) is 2.31. The normalized spacial score (nSPS) is 11.2. The zero-order chi connectivity index (χ0) is 12.0. The van der Waals surface area contributed by atoms with E-state index in [0.717, 1.165) is 18.8 Å². The number of carbonyl (C=O) groups excluding carboxylic acids is 1. The third kappa shape index (κ3) is 5.12. The van der Waals surface area contributed by atoms with Gasteiger partial charge < -0.3 is 4.74 Å². The standard InChI is InChI=1S/C13H19O2Si/c1-16(2,3)10-4-9-15-13-7-5-12(11-14)6-8-13/h5-8H,4,9-10H2,1-3H3. The zero-order valence-corrected chi connectivity index (χ0v) is 11.2. The number of ether oxygens (including phenoxy) is 1. The predicted molar refractivity (Wildman–Crippen MR) is 69.5 cm³/mol. The molecule has 1 radical (unpaired) electrons. The van der Waals surface area contributed by atoms with Gasteiger partial charge in [0.05, 0.1) is 6.61 Å². The summed E-state index contributed by atoms with van der Waals surface area (Å²) >= 11 is 0. The van der Waals surface area contributed by atoms with Crippen LogP contribution in [0.1, 0.15) is 12.0 Å². The molecule has 0 amide bonds. The molecule has 0 heterocycles. The highest BCUT2D eigenvalue weighted by Crippen LogP contribution is 2.14. The van der Waals surface area contributed by atoms with Crippen molar-refractivity contribution in [2.45, 2.75) is 32.1 Å². The van der Waals surface area contributed by atoms with Gasteiger partial charge in [0.1, 0.15) is 5.75 Å². The Balaban J connectivity index is 2.29. The number of benzene rings is 1. The van der Waals surface area contributed by atoms with E-state index in [-0.39, 0.29) is 0 Å². The van der Waals surface area contributed by atoms with Crippen LogP contribution in [0.15, 0.2) is 24.3 Å². The van der Waals surface area contributed by atoms with E-state index < -0.39 is 8.07 Å². The number of rotatable bonds is 6. The quantitative estimate of drug-likeness (QED) is 0.559. The summed E-state index contributed by atoms with van der Waals surface area (Å²) in [5.41, 5.74) is 0.564. The van der Waals surface area contributed by atoms with E-state index in [1.807, 2.05) is 18.4 Å². The van der Waals surface area contributed by atoms with Gasteiger partial charge in [0, 0.05) is 13.6 Å². The van der Waals surface area contributed by atoms with Gasteiger partial charge in [0.25, 0.3) is 0 Å². The molecule has 1 aromatic carbocycles. The molecule has 0 aliphatic heterocycles. The highest BCUT2D eigenvalue weighted by molar-refractivity contribution is 6.76. The second-order valence-electron chi connectivity index (χ2n) is 5.14. The Morgan fingerprint density at radius 1 is 1.19 bits per heavy atom. The average Bonchev–Trinajstić information content (AvgIpc) is 2.24. The lowest BCUT2D eigenvalue weighted by atomic mass is 10.2. The first-order chi connectivity index (χ1) is 7.51. The highest BCUT2D eigenvalue weighted by Gasteiger charge is 2.11. The molecule has 1 aromatic rings. The first kappa shape index (κ1) is 13.0. The van der Waals surface area contributed by atoms with Gasteiger partial charge in [-0.3, -0.25) is 4.79 Å². The maximum atomic E-state index is 10.3. The summed E-state index contributed by atoms with van der Waals surface area (Å²) in [6.45, 7) is 7.85.